The van der Waals surface area contributed by atoms with E-state index in [1.807, 2.05) is 0 Å². The Morgan fingerprint density at radius 2 is 2.14 bits per heavy atom. The lowest BCUT2D eigenvalue weighted by Gasteiger charge is -2.10. The van der Waals surface area contributed by atoms with Gasteiger partial charge in [-0.15, -0.1) is 0 Å². The molecule has 0 spiro atoms. The number of benzene rings is 1. The molecule has 1 aromatic carbocycles. The number of rotatable bonds is 4. The highest BCUT2D eigenvalue weighted by Gasteiger charge is 2.15. The highest BCUT2D eigenvalue weighted by Crippen LogP contribution is 2.18. The molecule has 9 heteroatoms. The van der Waals surface area contributed by atoms with Crippen LogP contribution in [-0.4, -0.2) is 29.8 Å². The lowest BCUT2D eigenvalue weighted by molar-refractivity contribution is 0.286. The zero-order chi connectivity index (χ0) is 15.5. The average Bonchev–Trinajstić information content (AvgIpc) is 2.86. The van der Waals surface area contributed by atoms with E-state index in [1.54, 1.807) is 6.07 Å². The van der Waals surface area contributed by atoms with E-state index in [2.05, 4.69) is 20.4 Å². The third-order valence-electron chi connectivity index (χ3n) is 2.95. The summed E-state index contributed by atoms with van der Waals surface area (Å²) in [6, 6.07) is 4.33. The van der Waals surface area contributed by atoms with Gasteiger partial charge in [-0.3, -0.25) is 4.98 Å². The third-order valence-corrected chi connectivity index (χ3v) is 2.95. The summed E-state index contributed by atoms with van der Waals surface area (Å²) in [5.41, 5.74) is -0.0379. The zero-order valence-electron chi connectivity index (χ0n) is 11.5. The molecule has 2 aromatic heterocycles. The summed E-state index contributed by atoms with van der Waals surface area (Å²) in [5, 5.41) is 7.32. The van der Waals surface area contributed by atoms with Crippen LogP contribution >= 0.6 is 0 Å². The van der Waals surface area contributed by atoms with Gasteiger partial charge >= 0.3 is 5.69 Å². The quantitative estimate of drug-likeness (QED) is 0.696. The van der Waals surface area contributed by atoms with E-state index in [1.165, 1.54) is 37.8 Å². The molecule has 0 radical (unpaired) electrons. The SMILES string of the molecule is Cn1nnn(-c2cccc(F)c2COc2cnccn2)c1=O. The van der Waals surface area contributed by atoms with Crippen molar-refractivity contribution in [2.24, 2.45) is 7.05 Å². The predicted octanol–water partition coefficient (Wildman–Crippen LogP) is 0.474. The predicted molar refractivity (Wildman–Crippen MR) is 72.9 cm³/mol. The van der Waals surface area contributed by atoms with Gasteiger partial charge in [0.15, 0.2) is 0 Å². The van der Waals surface area contributed by atoms with Crippen LogP contribution in [0.5, 0.6) is 5.88 Å². The van der Waals surface area contributed by atoms with Crippen LogP contribution in [-0.2, 0) is 13.7 Å². The average molecular weight is 302 g/mol. The molecular weight excluding hydrogens is 291 g/mol. The second-order valence-corrected chi connectivity index (χ2v) is 4.37. The molecule has 2 heterocycles. The fraction of sp³-hybridized carbons (Fsp3) is 0.154. The number of nitrogens with zero attached hydrogens (tertiary/aromatic N) is 6. The summed E-state index contributed by atoms with van der Waals surface area (Å²) in [5.74, 6) is -0.262. The molecule has 0 bridgehead atoms. The molecule has 0 atom stereocenters. The Hall–Kier alpha value is -3.10. The van der Waals surface area contributed by atoms with Crippen molar-refractivity contribution in [1.29, 1.82) is 0 Å². The summed E-state index contributed by atoms with van der Waals surface area (Å²) in [6.07, 6.45) is 4.38. The van der Waals surface area contributed by atoms with Gasteiger partial charge in [0, 0.05) is 19.4 Å². The van der Waals surface area contributed by atoms with Gasteiger partial charge in [-0.25, -0.2) is 14.2 Å². The standard InChI is InChI=1S/C13H11FN6O2/c1-19-13(21)20(18-17-19)11-4-2-3-10(14)9(11)8-22-12-7-15-5-6-16-12/h2-7H,8H2,1H3. The number of aromatic nitrogens is 6. The number of ether oxygens (including phenoxy) is 1. The van der Waals surface area contributed by atoms with Gasteiger partial charge in [-0.05, 0) is 22.6 Å². The molecule has 0 aliphatic carbocycles. The Morgan fingerprint density at radius 3 is 2.82 bits per heavy atom. The molecule has 112 valence electrons. The van der Waals surface area contributed by atoms with Crippen molar-refractivity contribution in [2.45, 2.75) is 6.61 Å². The van der Waals surface area contributed by atoms with Gasteiger partial charge in [-0.2, -0.15) is 9.36 Å². The lowest BCUT2D eigenvalue weighted by Crippen LogP contribution is -2.23. The number of halogens is 1. The molecule has 22 heavy (non-hydrogen) atoms. The molecule has 0 unspecified atom stereocenters. The van der Waals surface area contributed by atoms with Crippen LogP contribution < -0.4 is 10.4 Å². The molecule has 8 nitrogen and oxygen atoms in total. The summed E-state index contributed by atoms with van der Waals surface area (Å²) in [6.45, 7) is -0.121. The maximum Gasteiger partial charge on any atom is 0.368 e. The van der Waals surface area contributed by atoms with E-state index in [-0.39, 0.29) is 23.7 Å². The number of hydrogen-bond acceptors (Lipinski definition) is 6. The first-order valence-electron chi connectivity index (χ1n) is 6.32. The van der Waals surface area contributed by atoms with Crippen LogP contribution in [0, 0.1) is 5.82 Å². The Kier molecular flexibility index (Phi) is 3.60. The highest BCUT2D eigenvalue weighted by atomic mass is 19.1. The van der Waals surface area contributed by atoms with Gasteiger partial charge in [0.05, 0.1) is 17.4 Å². The van der Waals surface area contributed by atoms with Gasteiger partial charge < -0.3 is 4.74 Å². The van der Waals surface area contributed by atoms with Crippen molar-refractivity contribution < 1.29 is 9.13 Å². The minimum atomic E-state index is -0.515. The molecule has 0 fully saturated rings. The van der Waals surface area contributed by atoms with Crippen LogP contribution in [0.25, 0.3) is 5.69 Å². The van der Waals surface area contributed by atoms with E-state index >= 15 is 0 Å². The Balaban J connectivity index is 1.97. The summed E-state index contributed by atoms with van der Waals surface area (Å²) < 4.78 is 21.6. The number of tetrazole rings is 1. The first-order chi connectivity index (χ1) is 10.7. The second kappa shape index (κ2) is 5.72. The minimum absolute atomic E-state index is 0.121. The number of hydrogen-bond donors (Lipinski definition) is 0. The van der Waals surface area contributed by atoms with Crippen molar-refractivity contribution in [3.8, 4) is 11.6 Å². The third kappa shape index (κ3) is 2.55. The Bertz CT molecular complexity index is 845. The van der Waals surface area contributed by atoms with E-state index in [4.69, 9.17) is 4.74 Å². The van der Waals surface area contributed by atoms with E-state index in [0.717, 1.165) is 9.36 Å². The maximum atomic E-state index is 14.1. The van der Waals surface area contributed by atoms with E-state index in [0.29, 0.717) is 0 Å². The van der Waals surface area contributed by atoms with Gasteiger partial charge in [0.1, 0.15) is 12.4 Å². The van der Waals surface area contributed by atoms with Crippen LogP contribution in [0.2, 0.25) is 0 Å². The number of aryl methyl sites for hydroxylation is 1. The summed E-state index contributed by atoms with van der Waals surface area (Å²) in [7, 11) is 1.46. The minimum Gasteiger partial charge on any atom is -0.472 e. The maximum absolute atomic E-state index is 14.1. The fourth-order valence-electron chi connectivity index (χ4n) is 1.86. The topological polar surface area (TPSA) is 87.7 Å². The molecule has 0 saturated heterocycles. The van der Waals surface area contributed by atoms with Crippen LogP contribution in [0.15, 0.2) is 41.6 Å². The molecule has 3 rings (SSSR count). The van der Waals surface area contributed by atoms with E-state index < -0.39 is 11.5 Å². The van der Waals surface area contributed by atoms with Gasteiger partial charge in [-0.1, -0.05) is 6.07 Å². The monoisotopic (exact) mass is 302 g/mol. The molecule has 0 aliphatic rings. The molecular formula is C13H11FN6O2. The second-order valence-electron chi connectivity index (χ2n) is 4.37. The first-order valence-corrected chi connectivity index (χ1v) is 6.32. The smallest absolute Gasteiger partial charge is 0.368 e. The Morgan fingerprint density at radius 1 is 1.27 bits per heavy atom. The van der Waals surface area contributed by atoms with E-state index in [9.17, 15) is 9.18 Å². The van der Waals surface area contributed by atoms with Crippen molar-refractivity contribution in [3.05, 3.63) is 58.7 Å². The fourth-order valence-corrected chi connectivity index (χ4v) is 1.86. The largest absolute Gasteiger partial charge is 0.472 e. The summed E-state index contributed by atoms with van der Waals surface area (Å²) >= 11 is 0. The molecule has 0 saturated carbocycles. The Labute approximate surface area is 123 Å². The van der Waals surface area contributed by atoms with Crippen LogP contribution in [0.4, 0.5) is 4.39 Å². The lowest BCUT2D eigenvalue weighted by atomic mass is 10.2. The molecule has 0 N–H and O–H groups in total. The molecule has 0 aliphatic heterocycles. The summed E-state index contributed by atoms with van der Waals surface area (Å²) in [4.78, 5) is 19.7. The van der Waals surface area contributed by atoms with Crippen molar-refractivity contribution in [2.75, 3.05) is 0 Å². The van der Waals surface area contributed by atoms with Gasteiger partial charge in [0.2, 0.25) is 5.88 Å². The normalized spacial score (nSPS) is 10.6. The van der Waals surface area contributed by atoms with Crippen molar-refractivity contribution in [3.63, 3.8) is 0 Å². The molecule has 3 aromatic rings. The zero-order valence-corrected chi connectivity index (χ0v) is 11.5. The van der Waals surface area contributed by atoms with Crippen molar-refractivity contribution >= 4 is 0 Å². The van der Waals surface area contributed by atoms with Gasteiger partial charge in [0.25, 0.3) is 0 Å². The molecule has 0 amide bonds. The van der Waals surface area contributed by atoms with Crippen LogP contribution in [0.3, 0.4) is 0 Å². The van der Waals surface area contributed by atoms with Crippen molar-refractivity contribution in [1.82, 2.24) is 29.8 Å². The highest BCUT2D eigenvalue weighted by molar-refractivity contribution is 5.40. The van der Waals surface area contributed by atoms with Crippen LogP contribution in [0.1, 0.15) is 5.56 Å². The first kappa shape index (κ1) is 13.9.